The minimum absolute atomic E-state index is 0.225. The molecule has 0 bridgehead atoms. The lowest BCUT2D eigenvalue weighted by Gasteiger charge is -2.01. The Bertz CT molecular complexity index is 638. The fraction of sp³-hybridized carbons (Fsp3) is 0.333. The van der Waals surface area contributed by atoms with Crippen LogP contribution in [0.5, 0.6) is 0 Å². The Morgan fingerprint density at radius 1 is 1.36 bits per heavy atom. The van der Waals surface area contributed by atoms with Gasteiger partial charge in [0.25, 0.3) is 0 Å². The molecule has 116 valence electrons. The SMILES string of the molecule is CCc1ccc(/C(C)=N/N=C2\NC(=O)C(CC(=O)O)S2)cc1. The van der Waals surface area contributed by atoms with Crippen molar-refractivity contribution in [3.05, 3.63) is 35.4 Å². The molecule has 1 aliphatic heterocycles. The summed E-state index contributed by atoms with van der Waals surface area (Å²) in [6.45, 7) is 3.93. The number of amidine groups is 1. The van der Waals surface area contributed by atoms with Crippen LogP contribution < -0.4 is 5.32 Å². The summed E-state index contributed by atoms with van der Waals surface area (Å²) in [6.07, 6.45) is 0.753. The fourth-order valence-corrected chi connectivity index (χ4v) is 2.81. The highest BCUT2D eigenvalue weighted by Gasteiger charge is 2.32. The summed E-state index contributed by atoms with van der Waals surface area (Å²) in [5, 5.41) is 19.1. The Hall–Kier alpha value is -2.15. The van der Waals surface area contributed by atoms with Crippen LogP contribution in [0.4, 0.5) is 0 Å². The smallest absolute Gasteiger partial charge is 0.305 e. The zero-order valence-electron chi connectivity index (χ0n) is 12.4. The summed E-state index contributed by atoms with van der Waals surface area (Å²) in [5.74, 6) is -1.35. The highest BCUT2D eigenvalue weighted by molar-refractivity contribution is 8.15. The van der Waals surface area contributed by atoms with Crippen LogP contribution in [0.15, 0.2) is 34.5 Å². The Morgan fingerprint density at radius 3 is 2.64 bits per heavy atom. The van der Waals surface area contributed by atoms with Gasteiger partial charge in [-0.2, -0.15) is 5.10 Å². The molecule has 0 aliphatic carbocycles. The molecule has 1 aromatic rings. The minimum Gasteiger partial charge on any atom is -0.481 e. The van der Waals surface area contributed by atoms with Gasteiger partial charge < -0.3 is 10.4 Å². The fourth-order valence-electron chi connectivity index (χ4n) is 1.90. The number of carbonyl (C=O) groups excluding carboxylic acids is 1. The molecule has 22 heavy (non-hydrogen) atoms. The van der Waals surface area contributed by atoms with E-state index in [-0.39, 0.29) is 12.3 Å². The molecular weight excluding hydrogens is 302 g/mol. The van der Waals surface area contributed by atoms with E-state index < -0.39 is 11.2 Å². The van der Waals surface area contributed by atoms with Crippen molar-refractivity contribution in [3.63, 3.8) is 0 Å². The van der Waals surface area contributed by atoms with Crippen LogP contribution in [0.25, 0.3) is 0 Å². The molecule has 7 heteroatoms. The lowest BCUT2D eigenvalue weighted by Crippen LogP contribution is -2.26. The number of aliphatic carboxylic acids is 1. The molecule has 1 atom stereocenters. The van der Waals surface area contributed by atoms with E-state index in [2.05, 4.69) is 22.4 Å². The van der Waals surface area contributed by atoms with E-state index >= 15 is 0 Å². The number of carboxylic acid groups (broad SMARTS) is 1. The molecule has 1 fully saturated rings. The number of thioether (sulfide) groups is 1. The van der Waals surface area contributed by atoms with E-state index in [1.165, 1.54) is 5.56 Å². The van der Waals surface area contributed by atoms with Gasteiger partial charge in [-0.05, 0) is 24.5 Å². The van der Waals surface area contributed by atoms with Crippen molar-refractivity contribution in [2.75, 3.05) is 0 Å². The number of hydrogen-bond acceptors (Lipinski definition) is 5. The standard InChI is InChI=1S/C15H17N3O3S/c1-3-10-4-6-11(7-5-10)9(2)17-18-15-16-14(21)12(22-15)8-13(19)20/h4-7,12H,3,8H2,1-2H3,(H,19,20)(H,16,18,21)/b17-9+. The Balaban J connectivity index is 2.06. The van der Waals surface area contributed by atoms with Crippen LogP contribution >= 0.6 is 11.8 Å². The molecular formula is C15H17N3O3S. The van der Waals surface area contributed by atoms with E-state index in [4.69, 9.17) is 5.11 Å². The number of benzene rings is 1. The average Bonchev–Trinajstić information content (AvgIpc) is 2.84. The Kier molecular flexibility index (Phi) is 5.32. The number of amides is 1. The van der Waals surface area contributed by atoms with Crippen LogP contribution in [0.2, 0.25) is 0 Å². The third-order valence-corrected chi connectivity index (χ3v) is 4.28. The van der Waals surface area contributed by atoms with E-state index in [9.17, 15) is 9.59 Å². The minimum atomic E-state index is -1.01. The highest BCUT2D eigenvalue weighted by atomic mass is 32.2. The van der Waals surface area contributed by atoms with Gasteiger partial charge in [-0.15, -0.1) is 5.10 Å². The predicted octanol–water partition coefficient (Wildman–Crippen LogP) is 2.04. The van der Waals surface area contributed by atoms with Crippen molar-refractivity contribution in [2.45, 2.75) is 31.9 Å². The van der Waals surface area contributed by atoms with Gasteiger partial charge in [0.05, 0.1) is 12.1 Å². The predicted molar refractivity (Wildman–Crippen MR) is 87.2 cm³/mol. The first-order valence-electron chi connectivity index (χ1n) is 6.90. The molecule has 0 radical (unpaired) electrons. The quantitative estimate of drug-likeness (QED) is 0.642. The molecule has 2 rings (SSSR count). The lowest BCUT2D eigenvalue weighted by atomic mass is 10.1. The maximum Gasteiger partial charge on any atom is 0.305 e. The molecule has 0 aromatic heterocycles. The summed E-state index contributed by atoms with van der Waals surface area (Å²) < 4.78 is 0. The first-order chi connectivity index (χ1) is 10.5. The molecule has 0 saturated carbocycles. The third kappa shape index (κ3) is 4.17. The van der Waals surface area contributed by atoms with Gasteiger partial charge >= 0.3 is 5.97 Å². The molecule has 0 spiro atoms. The first-order valence-corrected chi connectivity index (χ1v) is 7.78. The van der Waals surface area contributed by atoms with E-state index in [0.717, 1.165) is 29.5 Å². The second kappa shape index (κ2) is 7.22. The number of hydrogen-bond donors (Lipinski definition) is 2. The van der Waals surface area contributed by atoms with Crippen LogP contribution in [-0.4, -0.2) is 33.1 Å². The van der Waals surface area contributed by atoms with Crippen LogP contribution in [0.1, 0.15) is 31.4 Å². The number of carboxylic acids is 1. The van der Waals surface area contributed by atoms with E-state index in [1.807, 2.05) is 31.2 Å². The number of rotatable bonds is 5. The van der Waals surface area contributed by atoms with Gasteiger partial charge in [-0.1, -0.05) is 43.0 Å². The molecule has 1 saturated heterocycles. The number of nitrogens with one attached hydrogen (secondary N) is 1. The third-order valence-electron chi connectivity index (χ3n) is 3.21. The molecule has 1 heterocycles. The van der Waals surface area contributed by atoms with Gasteiger partial charge in [0.15, 0.2) is 5.17 Å². The van der Waals surface area contributed by atoms with Crippen molar-refractivity contribution >= 4 is 34.5 Å². The number of nitrogens with zero attached hydrogens (tertiary/aromatic N) is 2. The van der Waals surface area contributed by atoms with Gasteiger partial charge in [-0.3, -0.25) is 9.59 Å². The summed E-state index contributed by atoms with van der Waals surface area (Å²) in [7, 11) is 0. The summed E-state index contributed by atoms with van der Waals surface area (Å²) >= 11 is 1.09. The van der Waals surface area contributed by atoms with E-state index in [0.29, 0.717) is 5.17 Å². The maximum absolute atomic E-state index is 11.6. The zero-order valence-corrected chi connectivity index (χ0v) is 13.2. The van der Waals surface area contributed by atoms with Crippen molar-refractivity contribution < 1.29 is 14.7 Å². The van der Waals surface area contributed by atoms with Crippen LogP contribution in [0.3, 0.4) is 0 Å². The zero-order chi connectivity index (χ0) is 16.1. The van der Waals surface area contributed by atoms with Crippen molar-refractivity contribution in [3.8, 4) is 0 Å². The van der Waals surface area contributed by atoms with Crippen molar-refractivity contribution in [1.29, 1.82) is 0 Å². The average molecular weight is 319 g/mol. The maximum atomic E-state index is 11.6. The molecule has 1 aliphatic rings. The Labute approximate surface area is 132 Å². The van der Waals surface area contributed by atoms with Crippen molar-refractivity contribution in [2.24, 2.45) is 10.2 Å². The van der Waals surface area contributed by atoms with E-state index in [1.54, 1.807) is 0 Å². The van der Waals surface area contributed by atoms with Crippen LogP contribution in [-0.2, 0) is 16.0 Å². The number of aryl methyl sites for hydroxylation is 1. The summed E-state index contributed by atoms with van der Waals surface area (Å²) in [4.78, 5) is 22.2. The monoisotopic (exact) mass is 319 g/mol. The summed E-state index contributed by atoms with van der Waals surface area (Å²) in [6, 6.07) is 8.03. The molecule has 1 unspecified atom stereocenters. The largest absolute Gasteiger partial charge is 0.481 e. The molecule has 6 nitrogen and oxygen atoms in total. The number of carbonyl (C=O) groups is 2. The summed E-state index contributed by atoms with van der Waals surface area (Å²) in [5.41, 5.74) is 2.93. The Morgan fingerprint density at radius 2 is 2.05 bits per heavy atom. The highest BCUT2D eigenvalue weighted by Crippen LogP contribution is 2.22. The van der Waals surface area contributed by atoms with Gasteiger partial charge in [0, 0.05) is 0 Å². The van der Waals surface area contributed by atoms with Gasteiger partial charge in [0.1, 0.15) is 5.25 Å². The molecule has 2 N–H and O–H groups in total. The van der Waals surface area contributed by atoms with Crippen molar-refractivity contribution in [1.82, 2.24) is 5.32 Å². The van der Waals surface area contributed by atoms with Gasteiger partial charge in [-0.25, -0.2) is 0 Å². The topological polar surface area (TPSA) is 91.1 Å². The first kappa shape index (κ1) is 16.2. The lowest BCUT2D eigenvalue weighted by molar-refractivity contribution is -0.138. The molecule has 1 amide bonds. The normalized spacial score (nSPS) is 20.3. The molecule has 1 aromatic carbocycles. The second-order valence-corrected chi connectivity index (χ2v) is 6.03. The second-order valence-electron chi connectivity index (χ2n) is 4.83. The van der Waals surface area contributed by atoms with Crippen LogP contribution in [0, 0.1) is 0 Å². The van der Waals surface area contributed by atoms with Gasteiger partial charge in [0.2, 0.25) is 5.91 Å².